The van der Waals surface area contributed by atoms with E-state index in [2.05, 4.69) is 59.7 Å². The van der Waals surface area contributed by atoms with Gasteiger partial charge >= 0.3 is 0 Å². The average molecular weight is 459 g/mol. The Labute approximate surface area is 191 Å². The number of hydrogen-bond acceptors (Lipinski definition) is 7. The Bertz CT molecular complexity index is 992. The Morgan fingerprint density at radius 3 is 2.75 bits per heavy atom. The Morgan fingerprint density at radius 2 is 2.09 bits per heavy atom. The summed E-state index contributed by atoms with van der Waals surface area (Å²) < 4.78 is 20.6. The zero-order valence-electron chi connectivity index (χ0n) is 20.1. The molecule has 174 valence electrons. The third-order valence-electron chi connectivity index (χ3n) is 6.04. The Hall–Kier alpha value is -2.32. The molecule has 9 nitrogen and oxygen atoms in total. The molecule has 2 aromatic rings. The molecule has 0 aliphatic carbocycles. The molecular weight excluding hydrogens is 424 g/mol. The topological polar surface area (TPSA) is 86.9 Å². The zero-order valence-corrected chi connectivity index (χ0v) is 21.1. The lowest BCUT2D eigenvalue weighted by Crippen LogP contribution is -2.44. The van der Waals surface area contributed by atoms with Crippen LogP contribution in [0, 0.1) is 12.3 Å². The lowest BCUT2D eigenvalue weighted by Gasteiger charge is -2.37. The van der Waals surface area contributed by atoms with Crippen LogP contribution in [0.2, 0.25) is 18.1 Å². The number of rotatable bonds is 8. The maximum absolute atomic E-state index is 6.42. The van der Waals surface area contributed by atoms with Gasteiger partial charge in [0.2, 0.25) is 0 Å². The van der Waals surface area contributed by atoms with Crippen LogP contribution in [0.25, 0.3) is 11.2 Å². The van der Waals surface area contributed by atoms with Gasteiger partial charge in [0, 0.05) is 20.5 Å². The summed E-state index contributed by atoms with van der Waals surface area (Å²) in [6, 6.07) is 0. The summed E-state index contributed by atoms with van der Waals surface area (Å²) >= 11 is 0. The van der Waals surface area contributed by atoms with Crippen LogP contribution in [0.1, 0.15) is 33.4 Å². The molecule has 0 bridgehead atoms. The number of nitrogens with zero attached hydrogens (tertiary/aromatic N) is 6. The summed E-state index contributed by atoms with van der Waals surface area (Å²) in [6.45, 7) is 11.8. The minimum absolute atomic E-state index is 0.112. The first-order valence-corrected chi connectivity index (χ1v) is 13.7. The predicted octanol–water partition coefficient (Wildman–Crippen LogP) is 3.38. The number of aliphatic imine (C=N–C) groups is 1. The molecule has 0 radical (unpaired) electrons. The quantitative estimate of drug-likeness (QED) is 0.259. The van der Waals surface area contributed by atoms with Gasteiger partial charge in [-0.1, -0.05) is 26.7 Å². The summed E-state index contributed by atoms with van der Waals surface area (Å²) in [5, 5.41) is 0.112. The van der Waals surface area contributed by atoms with Gasteiger partial charge in [-0.2, -0.15) is 0 Å². The summed E-state index contributed by atoms with van der Waals surface area (Å²) in [7, 11) is 1.87. The summed E-state index contributed by atoms with van der Waals surface area (Å²) in [5.74, 6) is 3.06. The molecule has 1 saturated heterocycles. The molecule has 1 fully saturated rings. The molecule has 0 amide bonds. The number of fused-ring (bicyclic) bond motifs is 1. The van der Waals surface area contributed by atoms with Gasteiger partial charge in [-0.25, -0.2) is 19.9 Å². The second kappa shape index (κ2) is 9.66. The van der Waals surface area contributed by atoms with E-state index in [1.54, 1.807) is 12.7 Å². The van der Waals surface area contributed by atoms with E-state index in [4.69, 9.17) is 20.3 Å². The number of hydrogen-bond donors (Lipinski definition) is 0. The first-order chi connectivity index (χ1) is 15.0. The van der Waals surface area contributed by atoms with Gasteiger partial charge < -0.3 is 18.8 Å². The van der Waals surface area contributed by atoms with E-state index in [9.17, 15) is 0 Å². The van der Waals surface area contributed by atoms with Crippen molar-refractivity contribution in [3.8, 4) is 12.3 Å². The highest BCUT2D eigenvalue weighted by atomic mass is 28.4. The highest BCUT2D eigenvalue weighted by Crippen LogP contribution is 2.38. The van der Waals surface area contributed by atoms with Crippen molar-refractivity contribution in [2.24, 2.45) is 4.99 Å². The zero-order chi connectivity index (χ0) is 23.5. The van der Waals surface area contributed by atoms with Crippen molar-refractivity contribution >= 4 is 31.6 Å². The van der Waals surface area contributed by atoms with Gasteiger partial charge in [0.1, 0.15) is 25.3 Å². The van der Waals surface area contributed by atoms with Crippen LogP contribution in [0.3, 0.4) is 0 Å². The van der Waals surface area contributed by atoms with E-state index in [-0.39, 0.29) is 30.1 Å². The number of ether oxygens (including phenoxy) is 2. The molecule has 0 aromatic carbocycles. The molecule has 0 saturated carbocycles. The Balaban J connectivity index is 1.82. The molecular formula is C22H34N6O3Si. The van der Waals surface area contributed by atoms with Gasteiger partial charge in [0.15, 0.2) is 25.3 Å². The number of imidazole rings is 1. The molecule has 0 spiro atoms. The average Bonchev–Trinajstić information content (AvgIpc) is 3.32. The monoisotopic (exact) mass is 458 g/mol. The third-order valence-corrected chi connectivity index (χ3v) is 10.5. The van der Waals surface area contributed by atoms with E-state index in [1.165, 1.54) is 6.33 Å². The second-order valence-electron chi connectivity index (χ2n) is 9.72. The van der Waals surface area contributed by atoms with E-state index >= 15 is 0 Å². The highest BCUT2D eigenvalue weighted by molar-refractivity contribution is 6.74. The molecule has 10 heteroatoms. The second-order valence-corrected chi connectivity index (χ2v) is 14.5. The molecule has 1 aliphatic rings. The van der Waals surface area contributed by atoms with Crippen molar-refractivity contribution < 1.29 is 13.9 Å². The molecule has 3 rings (SSSR count). The van der Waals surface area contributed by atoms with Crippen LogP contribution in [0.15, 0.2) is 17.6 Å². The van der Waals surface area contributed by atoms with Crippen molar-refractivity contribution in [1.29, 1.82) is 0 Å². The van der Waals surface area contributed by atoms with Crippen molar-refractivity contribution in [1.82, 2.24) is 24.4 Å². The molecule has 2 aromatic heterocycles. The molecule has 0 N–H and O–H groups in total. The first-order valence-electron chi connectivity index (χ1n) is 10.8. The fraction of sp³-hybridized carbons (Fsp3) is 0.636. The van der Waals surface area contributed by atoms with E-state index in [0.717, 1.165) is 0 Å². The fourth-order valence-electron chi connectivity index (χ4n) is 3.17. The van der Waals surface area contributed by atoms with Gasteiger partial charge in [-0.15, -0.1) is 6.42 Å². The minimum Gasteiger partial charge on any atom is -0.414 e. The van der Waals surface area contributed by atoms with Crippen LogP contribution in [-0.2, 0) is 13.9 Å². The van der Waals surface area contributed by atoms with Gasteiger partial charge in [-0.3, -0.25) is 4.57 Å². The maximum atomic E-state index is 6.42. The summed E-state index contributed by atoms with van der Waals surface area (Å²) in [6.07, 6.45) is 10.2. The highest BCUT2D eigenvalue weighted by Gasteiger charge is 2.42. The Morgan fingerprint density at radius 1 is 1.34 bits per heavy atom. The van der Waals surface area contributed by atoms with Crippen molar-refractivity contribution in [3.05, 3.63) is 12.7 Å². The van der Waals surface area contributed by atoms with E-state index in [1.807, 2.05) is 23.6 Å². The minimum atomic E-state index is -1.93. The summed E-state index contributed by atoms with van der Waals surface area (Å²) in [5.41, 5.74) is 1.29. The summed E-state index contributed by atoms with van der Waals surface area (Å²) in [4.78, 5) is 19.4. The third kappa shape index (κ3) is 5.35. The fourth-order valence-corrected chi connectivity index (χ4v) is 4.19. The molecule has 3 heterocycles. The van der Waals surface area contributed by atoms with Crippen LogP contribution in [0.5, 0.6) is 0 Å². The largest absolute Gasteiger partial charge is 0.414 e. The first kappa shape index (κ1) is 24.3. The van der Waals surface area contributed by atoms with Gasteiger partial charge in [0.25, 0.3) is 0 Å². The lowest BCUT2D eigenvalue weighted by atomic mass is 10.2. The predicted molar refractivity (Wildman–Crippen MR) is 127 cm³/mol. The van der Waals surface area contributed by atoms with Crippen molar-refractivity contribution in [2.75, 3.05) is 27.3 Å². The van der Waals surface area contributed by atoms with Crippen molar-refractivity contribution in [3.63, 3.8) is 0 Å². The standard InChI is InChI=1S/C22H34N6O3Si/c1-9-10-29-16-11-18(31-17(16)12-30-32(7,8)22(2,3)4)28-15-25-19-20(26-14-27(5)6)23-13-24-21(19)28/h1,13-18H,10-12H2,2-8H3/b26-14+/t16-,17-,18-/m1/s1. The molecule has 0 unspecified atom stereocenters. The SMILES string of the molecule is C#CCO[C@@H]1C[C@H](n2cnc3c(/N=C/N(C)C)ncnc32)O[C@@H]1CO[Si](C)(C)C(C)(C)C. The normalized spacial score (nSPS) is 22.0. The van der Waals surface area contributed by atoms with Crippen LogP contribution >= 0.6 is 0 Å². The van der Waals surface area contributed by atoms with Crippen LogP contribution in [-0.4, -0.2) is 78.6 Å². The smallest absolute Gasteiger partial charge is 0.192 e. The van der Waals surface area contributed by atoms with Crippen molar-refractivity contribution in [2.45, 2.75) is 63.8 Å². The Kier molecular flexibility index (Phi) is 7.35. The number of terminal acetylenes is 1. The van der Waals surface area contributed by atoms with Crippen LogP contribution < -0.4 is 0 Å². The maximum Gasteiger partial charge on any atom is 0.192 e. The van der Waals surface area contributed by atoms with Crippen LogP contribution in [0.4, 0.5) is 5.82 Å². The van der Waals surface area contributed by atoms with Gasteiger partial charge in [-0.05, 0) is 18.1 Å². The molecule has 32 heavy (non-hydrogen) atoms. The number of aromatic nitrogens is 4. The van der Waals surface area contributed by atoms with E-state index in [0.29, 0.717) is 30.0 Å². The molecule has 3 atom stereocenters. The molecule has 1 aliphatic heterocycles. The van der Waals surface area contributed by atoms with Gasteiger partial charge in [0.05, 0.1) is 25.4 Å². The van der Waals surface area contributed by atoms with E-state index < -0.39 is 8.32 Å². The lowest BCUT2D eigenvalue weighted by molar-refractivity contribution is -0.0529.